The summed E-state index contributed by atoms with van der Waals surface area (Å²) < 4.78 is 3.08. The molecule has 3 aliphatic rings. The second-order valence-corrected chi connectivity index (χ2v) is 8.37. The van der Waals surface area contributed by atoms with E-state index < -0.39 is 6.09 Å². The maximum absolute atomic E-state index is 11.5. The van der Waals surface area contributed by atoms with Gasteiger partial charge in [0.2, 0.25) is 5.78 Å². The van der Waals surface area contributed by atoms with Crippen LogP contribution in [0.5, 0.6) is 0 Å². The lowest BCUT2D eigenvalue weighted by atomic mass is 9.91. The summed E-state index contributed by atoms with van der Waals surface area (Å²) in [5.74, 6) is 0.685. The zero-order valence-corrected chi connectivity index (χ0v) is 16.8. The van der Waals surface area contributed by atoms with Gasteiger partial charge in [0.05, 0.1) is 11.4 Å². The van der Waals surface area contributed by atoms with E-state index in [0.29, 0.717) is 12.3 Å². The minimum atomic E-state index is -0.802. The predicted octanol–water partition coefficient (Wildman–Crippen LogP) is 3.49. The van der Waals surface area contributed by atoms with E-state index in [0.717, 1.165) is 47.4 Å². The summed E-state index contributed by atoms with van der Waals surface area (Å²) in [5, 5.41) is 9.44. The van der Waals surface area contributed by atoms with Crippen LogP contribution >= 0.6 is 15.9 Å². The largest absolute Gasteiger partial charge is 0.465 e. The quantitative estimate of drug-likeness (QED) is 0.673. The van der Waals surface area contributed by atoms with Gasteiger partial charge in [-0.2, -0.15) is 0 Å². The number of nitrogens with zero attached hydrogens (tertiary/aromatic N) is 5. The van der Waals surface area contributed by atoms with Crippen LogP contribution in [0.15, 0.2) is 47.2 Å². The molecule has 3 saturated heterocycles. The highest BCUT2D eigenvalue weighted by Crippen LogP contribution is 2.32. The van der Waals surface area contributed by atoms with Crippen LogP contribution in [-0.2, 0) is 6.54 Å². The molecule has 0 radical (unpaired) electrons. The van der Waals surface area contributed by atoms with Gasteiger partial charge in [0.25, 0.3) is 0 Å². The average Bonchev–Trinajstić information content (AvgIpc) is 3.07. The van der Waals surface area contributed by atoms with Gasteiger partial charge in [-0.3, -0.25) is 9.30 Å². The Morgan fingerprint density at radius 3 is 2.68 bits per heavy atom. The predicted molar refractivity (Wildman–Crippen MR) is 108 cm³/mol. The summed E-state index contributed by atoms with van der Waals surface area (Å²) in [6.45, 7) is 2.08. The van der Waals surface area contributed by atoms with Gasteiger partial charge in [-0.25, -0.2) is 14.8 Å². The van der Waals surface area contributed by atoms with Crippen molar-refractivity contribution in [2.75, 3.05) is 13.1 Å². The van der Waals surface area contributed by atoms with E-state index in [1.165, 1.54) is 0 Å². The van der Waals surface area contributed by atoms with Crippen molar-refractivity contribution in [1.29, 1.82) is 0 Å². The van der Waals surface area contributed by atoms with Crippen molar-refractivity contribution < 1.29 is 9.90 Å². The number of amides is 1. The Bertz CT molecular complexity index is 1030. The third-order valence-electron chi connectivity index (χ3n) is 5.86. The number of piperazine rings is 1. The van der Waals surface area contributed by atoms with Crippen LogP contribution < -0.4 is 0 Å². The monoisotopic (exact) mass is 441 g/mol. The number of fused-ring (bicyclic) bond motifs is 4. The van der Waals surface area contributed by atoms with Gasteiger partial charge in [-0.05, 0) is 31.0 Å². The molecule has 2 unspecified atom stereocenters. The van der Waals surface area contributed by atoms with E-state index in [4.69, 9.17) is 4.98 Å². The first-order valence-electron chi connectivity index (χ1n) is 9.41. The summed E-state index contributed by atoms with van der Waals surface area (Å²) in [6.07, 6.45) is 4.94. The molecule has 1 aromatic carbocycles. The molecule has 1 N–H and O–H groups in total. The molecule has 2 bridgehead atoms. The summed E-state index contributed by atoms with van der Waals surface area (Å²) in [6, 6.07) is 10.4. The number of benzene rings is 1. The van der Waals surface area contributed by atoms with Gasteiger partial charge >= 0.3 is 6.09 Å². The van der Waals surface area contributed by atoms with Crippen molar-refractivity contribution >= 4 is 27.8 Å². The van der Waals surface area contributed by atoms with Crippen LogP contribution in [0.1, 0.15) is 18.5 Å². The van der Waals surface area contributed by atoms with Gasteiger partial charge in [0.15, 0.2) is 0 Å². The third kappa shape index (κ3) is 2.97. The van der Waals surface area contributed by atoms with Gasteiger partial charge < -0.3 is 10.0 Å². The van der Waals surface area contributed by atoms with E-state index >= 15 is 0 Å². The summed E-state index contributed by atoms with van der Waals surface area (Å²) in [5.41, 5.74) is 3.08. The van der Waals surface area contributed by atoms with Gasteiger partial charge in [0.1, 0.15) is 0 Å². The zero-order chi connectivity index (χ0) is 19.3. The number of halogens is 1. The lowest BCUT2D eigenvalue weighted by Crippen LogP contribution is -2.63. The molecule has 5 heterocycles. The van der Waals surface area contributed by atoms with Crippen molar-refractivity contribution in [1.82, 2.24) is 24.2 Å². The smallest absolute Gasteiger partial charge is 0.407 e. The fourth-order valence-electron chi connectivity index (χ4n) is 4.46. The van der Waals surface area contributed by atoms with Crippen LogP contribution in [0.25, 0.3) is 17.0 Å². The Morgan fingerprint density at radius 1 is 1.18 bits per heavy atom. The van der Waals surface area contributed by atoms with Gasteiger partial charge in [-0.15, -0.1) is 0 Å². The number of carbonyl (C=O) groups is 1. The molecule has 144 valence electrons. The summed E-state index contributed by atoms with van der Waals surface area (Å²) in [4.78, 5) is 24.7. The molecule has 0 saturated carbocycles. The molecular weight excluding hydrogens is 422 g/mol. The number of hydrogen-bond acceptors (Lipinski definition) is 4. The van der Waals surface area contributed by atoms with E-state index in [1.807, 2.05) is 24.4 Å². The number of imidazole rings is 1. The minimum Gasteiger partial charge on any atom is -0.465 e. The summed E-state index contributed by atoms with van der Waals surface area (Å²) >= 11 is 3.49. The molecule has 28 heavy (non-hydrogen) atoms. The molecule has 3 aliphatic heterocycles. The molecule has 8 heteroatoms. The lowest BCUT2D eigenvalue weighted by molar-refractivity contribution is -0.0158. The fraction of sp³-hybridized carbons (Fsp3) is 0.350. The maximum Gasteiger partial charge on any atom is 0.407 e. The van der Waals surface area contributed by atoms with Crippen molar-refractivity contribution in [2.45, 2.75) is 31.5 Å². The van der Waals surface area contributed by atoms with Crippen LogP contribution in [0.2, 0.25) is 0 Å². The molecule has 3 fully saturated rings. The second kappa shape index (κ2) is 6.86. The highest BCUT2D eigenvalue weighted by atomic mass is 79.9. The van der Waals surface area contributed by atoms with Crippen LogP contribution in [0.3, 0.4) is 0 Å². The van der Waals surface area contributed by atoms with Crippen LogP contribution in [0.4, 0.5) is 4.79 Å². The first-order chi connectivity index (χ1) is 13.6. The number of piperidine rings is 2. The first kappa shape index (κ1) is 17.6. The van der Waals surface area contributed by atoms with Gasteiger partial charge in [0, 0.05) is 54.1 Å². The molecule has 2 aromatic heterocycles. The van der Waals surface area contributed by atoms with E-state index in [-0.39, 0.29) is 12.1 Å². The molecule has 6 rings (SSSR count). The molecule has 7 nitrogen and oxygen atoms in total. The number of carboxylic acid groups (broad SMARTS) is 1. The molecular formula is C20H20BrN5O2. The maximum atomic E-state index is 11.5. The normalized spacial score (nSPS) is 22.1. The Labute approximate surface area is 170 Å². The van der Waals surface area contributed by atoms with Crippen molar-refractivity contribution in [3.63, 3.8) is 0 Å². The highest BCUT2D eigenvalue weighted by molar-refractivity contribution is 9.10. The van der Waals surface area contributed by atoms with Crippen molar-refractivity contribution in [3.8, 4) is 11.3 Å². The van der Waals surface area contributed by atoms with E-state index in [1.54, 1.807) is 11.1 Å². The Morgan fingerprint density at radius 2 is 1.96 bits per heavy atom. The topological polar surface area (TPSA) is 74.0 Å². The van der Waals surface area contributed by atoms with E-state index in [2.05, 4.69) is 42.3 Å². The Kier molecular flexibility index (Phi) is 4.32. The highest BCUT2D eigenvalue weighted by Gasteiger charge is 2.41. The second-order valence-electron chi connectivity index (χ2n) is 7.45. The number of aromatic nitrogens is 3. The average molecular weight is 442 g/mol. The Hall–Kier alpha value is -2.45. The standard InChI is InChI=1S/C20H20BrN5O2/c21-14-4-2-13(3-5-14)18-17(25-9-1-8-22-19(25)23-18)12-24-10-16-7-6-15(24)11-26(16)20(27)28/h1-5,8-9,15-16H,6-7,10-12H2,(H,27,28). The molecule has 3 aromatic rings. The summed E-state index contributed by atoms with van der Waals surface area (Å²) in [7, 11) is 0. The van der Waals surface area contributed by atoms with Crippen LogP contribution in [-0.4, -0.2) is 60.5 Å². The molecule has 0 spiro atoms. The molecule has 2 atom stereocenters. The SMILES string of the molecule is O=C(O)N1CC2CCC1CN2Cc1c(-c2ccc(Br)cc2)nc2ncccn12. The zero-order valence-electron chi connectivity index (χ0n) is 15.2. The molecule has 0 aliphatic carbocycles. The Balaban J connectivity index is 1.51. The number of hydrogen-bond donors (Lipinski definition) is 1. The third-order valence-corrected chi connectivity index (χ3v) is 6.39. The number of rotatable bonds is 3. The van der Waals surface area contributed by atoms with Crippen molar-refractivity contribution in [3.05, 3.63) is 52.9 Å². The van der Waals surface area contributed by atoms with Gasteiger partial charge in [-0.1, -0.05) is 28.1 Å². The van der Waals surface area contributed by atoms with Crippen LogP contribution in [0, 0.1) is 0 Å². The minimum absolute atomic E-state index is 0.0796. The first-order valence-corrected chi connectivity index (χ1v) is 10.2. The fourth-order valence-corrected chi connectivity index (χ4v) is 4.73. The lowest BCUT2D eigenvalue weighted by Gasteiger charge is -2.50. The van der Waals surface area contributed by atoms with Crippen molar-refractivity contribution in [2.24, 2.45) is 0 Å². The van der Waals surface area contributed by atoms with E-state index in [9.17, 15) is 9.90 Å². The molecule has 1 amide bonds.